The van der Waals surface area contributed by atoms with Crippen LogP contribution < -0.4 is 11.1 Å². The van der Waals surface area contributed by atoms with Gasteiger partial charge in [0.1, 0.15) is 0 Å². The van der Waals surface area contributed by atoms with Crippen molar-refractivity contribution < 1.29 is 4.79 Å². The summed E-state index contributed by atoms with van der Waals surface area (Å²) in [4.78, 5) is 13.8. The van der Waals surface area contributed by atoms with Crippen LogP contribution in [0.25, 0.3) is 0 Å². The van der Waals surface area contributed by atoms with Crippen molar-refractivity contribution in [3.05, 3.63) is 0 Å². The fraction of sp³-hybridized carbons (Fsp3) is 0.917. The largest absolute Gasteiger partial charge is 0.355 e. The van der Waals surface area contributed by atoms with Gasteiger partial charge < -0.3 is 11.1 Å². The number of carbonyl (C=O) groups excluding carboxylic acids is 1. The fourth-order valence-electron chi connectivity index (χ4n) is 2.01. The normalized spacial score (nSPS) is 23.7. The molecule has 0 radical (unpaired) electrons. The number of hydrogen-bond donors (Lipinski definition) is 2. The lowest BCUT2D eigenvalue weighted by molar-refractivity contribution is -0.122. The van der Waals surface area contributed by atoms with E-state index < -0.39 is 0 Å². The Morgan fingerprint density at radius 3 is 2.69 bits per heavy atom. The molecule has 3 N–H and O–H groups in total. The standard InChI is InChI=1S/C12H25N3O/c1-9(2)6-14-12(16)8-15-5-4-11(7-15)10(3)13/h9-11H,4-8,13H2,1-3H3,(H,14,16). The maximum atomic E-state index is 11.6. The summed E-state index contributed by atoms with van der Waals surface area (Å²) in [5, 5.41) is 2.94. The van der Waals surface area contributed by atoms with Crippen LogP contribution in [0.1, 0.15) is 27.2 Å². The van der Waals surface area contributed by atoms with Gasteiger partial charge in [0.15, 0.2) is 0 Å². The van der Waals surface area contributed by atoms with Crippen LogP contribution in [0.4, 0.5) is 0 Å². The zero-order valence-electron chi connectivity index (χ0n) is 10.7. The summed E-state index contributed by atoms with van der Waals surface area (Å²) in [5.74, 6) is 1.20. The van der Waals surface area contributed by atoms with E-state index in [1.54, 1.807) is 0 Å². The van der Waals surface area contributed by atoms with E-state index in [0.717, 1.165) is 26.1 Å². The summed E-state index contributed by atoms with van der Waals surface area (Å²) in [5.41, 5.74) is 5.86. The Balaban J connectivity index is 2.21. The Labute approximate surface area is 98.6 Å². The molecule has 94 valence electrons. The van der Waals surface area contributed by atoms with Crippen LogP contribution in [0.2, 0.25) is 0 Å². The Kier molecular flexibility index (Phi) is 5.22. The first kappa shape index (κ1) is 13.5. The highest BCUT2D eigenvalue weighted by atomic mass is 16.2. The van der Waals surface area contributed by atoms with E-state index in [-0.39, 0.29) is 11.9 Å². The molecule has 0 saturated carbocycles. The van der Waals surface area contributed by atoms with E-state index >= 15 is 0 Å². The van der Waals surface area contributed by atoms with Gasteiger partial charge in [-0.1, -0.05) is 13.8 Å². The number of hydrogen-bond acceptors (Lipinski definition) is 3. The molecule has 1 fully saturated rings. The Hall–Kier alpha value is -0.610. The smallest absolute Gasteiger partial charge is 0.234 e. The van der Waals surface area contributed by atoms with Crippen LogP contribution in [-0.2, 0) is 4.79 Å². The molecule has 1 aliphatic rings. The van der Waals surface area contributed by atoms with Gasteiger partial charge in [-0.15, -0.1) is 0 Å². The zero-order valence-corrected chi connectivity index (χ0v) is 10.7. The summed E-state index contributed by atoms with van der Waals surface area (Å²) < 4.78 is 0. The zero-order chi connectivity index (χ0) is 12.1. The van der Waals surface area contributed by atoms with E-state index in [2.05, 4.69) is 24.1 Å². The summed E-state index contributed by atoms with van der Waals surface area (Å²) >= 11 is 0. The molecular formula is C12H25N3O. The molecule has 2 atom stereocenters. The average molecular weight is 227 g/mol. The predicted molar refractivity (Wildman–Crippen MR) is 66.0 cm³/mol. The first-order chi connectivity index (χ1) is 7.49. The van der Waals surface area contributed by atoms with Crippen LogP contribution in [0.5, 0.6) is 0 Å². The molecule has 1 rings (SSSR count). The van der Waals surface area contributed by atoms with Gasteiger partial charge >= 0.3 is 0 Å². The molecule has 1 amide bonds. The highest BCUT2D eigenvalue weighted by Gasteiger charge is 2.26. The molecule has 1 heterocycles. The molecule has 4 heteroatoms. The maximum Gasteiger partial charge on any atom is 0.234 e. The van der Waals surface area contributed by atoms with E-state index in [0.29, 0.717) is 18.4 Å². The first-order valence-corrected chi connectivity index (χ1v) is 6.23. The van der Waals surface area contributed by atoms with Gasteiger partial charge in [-0.05, 0) is 31.7 Å². The summed E-state index contributed by atoms with van der Waals surface area (Å²) in [6.07, 6.45) is 1.12. The summed E-state index contributed by atoms with van der Waals surface area (Å²) in [6.45, 7) is 9.50. The minimum absolute atomic E-state index is 0.138. The number of nitrogens with one attached hydrogen (secondary N) is 1. The van der Waals surface area contributed by atoms with Gasteiger partial charge in [-0.3, -0.25) is 9.69 Å². The highest BCUT2D eigenvalue weighted by molar-refractivity contribution is 5.78. The summed E-state index contributed by atoms with van der Waals surface area (Å²) in [6, 6.07) is 0.240. The van der Waals surface area contributed by atoms with Gasteiger partial charge in [0.25, 0.3) is 0 Å². The van der Waals surface area contributed by atoms with Crippen LogP contribution in [0.15, 0.2) is 0 Å². The lowest BCUT2D eigenvalue weighted by Crippen LogP contribution is -2.38. The van der Waals surface area contributed by atoms with Crippen molar-refractivity contribution in [3.63, 3.8) is 0 Å². The lowest BCUT2D eigenvalue weighted by Gasteiger charge is -2.17. The van der Waals surface area contributed by atoms with E-state index in [9.17, 15) is 4.79 Å². The average Bonchev–Trinajstić information content (AvgIpc) is 2.63. The predicted octanol–water partition coefficient (Wildman–Crippen LogP) is 0.428. The number of nitrogens with two attached hydrogens (primary N) is 1. The molecule has 2 unspecified atom stereocenters. The topological polar surface area (TPSA) is 58.4 Å². The fourth-order valence-corrected chi connectivity index (χ4v) is 2.01. The third kappa shape index (κ3) is 4.49. The van der Waals surface area contributed by atoms with Gasteiger partial charge in [-0.25, -0.2) is 0 Å². The van der Waals surface area contributed by atoms with Gasteiger partial charge in [0.05, 0.1) is 6.54 Å². The molecule has 0 spiro atoms. The quantitative estimate of drug-likeness (QED) is 0.716. The van der Waals surface area contributed by atoms with Crippen molar-refractivity contribution in [2.24, 2.45) is 17.6 Å². The van der Waals surface area contributed by atoms with Gasteiger partial charge in [0.2, 0.25) is 5.91 Å². The SMILES string of the molecule is CC(C)CNC(=O)CN1CCC(C(C)N)C1. The van der Waals surface area contributed by atoms with Crippen molar-refractivity contribution in [2.75, 3.05) is 26.2 Å². The molecule has 0 aliphatic carbocycles. The number of rotatable bonds is 5. The molecule has 0 aromatic carbocycles. The van der Waals surface area contributed by atoms with Crippen LogP contribution in [0, 0.1) is 11.8 Å². The molecular weight excluding hydrogens is 202 g/mol. The van der Waals surface area contributed by atoms with Crippen LogP contribution in [0.3, 0.4) is 0 Å². The van der Waals surface area contributed by atoms with Gasteiger partial charge in [-0.2, -0.15) is 0 Å². The minimum atomic E-state index is 0.138. The van der Waals surface area contributed by atoms with Crippen molar-refractivity contribution in [1.29, 1.82) is 0 Å². The van der Waals surface area contributed by atoms with E-state index in [4.69, 9.17) is 5.73 Å². The number of nitrogens with zero attached hydrogens (tertiary/aromatic N) is 1. The van der Waals surface area contributed by atoms with E-state index in [1.165, 1.54) is 0 Å². The third-order valence-corrected chi connectivity index (χ3v) is 3.13. The molecule has 4 nitrogen and oxygen atoms in total. The van der Waals surface area contributed by atoms with Crippen molar-refractivity contribution in [2.45, 2.75) is 33.2 Å². The maximum absolute atomic E-state index is 11.6. The Morgan fingerprint density at radius 1 is 1.50 bits per heavy atom. The van der Waals surface area contributed by atoms with Crippen molar-refractivity contribution in [3.8, 4) is 0 Å². The van der Waals surface area contributed by atoms with E-state index in [1.807, 2.05) is 6.92 Å². The second-order valence-corrected chi connectivity index (χ2v) is 5.34. The Morgan fingerprint density at radius 2 is 2.19 bits per heavy atom. The molecule has 1 saturated heterocycles. The number of likely N-dealkylation sites (tertiary alicyclic amines) is 1. The van der Waals surface area contributed by atoms with Crippen LogP contribution >= 0.6 is 0 Å². The van der Waals surface area contributed by atoms with Crippen LogP contribution in [-0.4, -0.2) is 43.0 Å². The summed E-state index contributed by atoms with van der Waals surface area (Å²) in [7, 11) is 0. The highest BCUT2D eigenvalue weighted by Crippen LogP contribution is 2.17. The molecule has 16 heavy (non-hydrogen) atoms. The Bertz CT molecular complexity index is 228. The second-order valence-electron chi connectivity index (χ2n) is 5.34. The number of amides is 1. The minimum Gasteiger partial charge on any atom is -0.355 e. The number of carbonyl (C=O) groups is 1. The second kappa shape index (κ2) is 6.21. The molecule has 0 aromatic rings. The van der Waals surface area contributed by atoms with Crippen molar-refractivity contribution >= 4 is 5.91 Å². The monoisotopic (exact) mass is 227 g/mol. The van der Waals surface area contributed by atoms with Gasteiger partial charge in [0, 0.05) is 19.1 Å². The van der Waals surface area contributed by atoms with Crippen molar-refractivity contribution in [1.82, 2.24) is 10.2 Å². The lowest BCUT2D eigenvalue weighted by atomic mass is 10.0. The molecule has 0 aromatic heterocycles. The first-order valence-electron chi connectivity index (χ1n) is 6.23. The third-order valence-electron chi connectivity index (χ3n) is 3.13. The molecule has 1 aliphatic heterocycles. The molecule has 0 bridgehead atoms.